The molecule has 3 aliphatic carbocycles. The fraction of sp³-hybridized carbons (Fsp3) is 0.630. The van der Waals surface area contributed by atoms with Crippen molar-refractivity contribution in [3.8, 4) is 0 Å². The van der Waals surface area contributed by atoms with Gasteiger partial charge in [0.15, 0.2) is 0 Å². The molecular weight excluding hydrogens is 420 g/mol. The Bertz CT molecular complexity index is 992. The molecule has 0 aromatic heterocycles. The molecular formula is C27H35ClN2O2. The van der Waals surface area contributed by atoms with E-state index in [1.165, 1.54) is 32.1 Å². The van der Waals surface area contributed by atoms with E-state index in [1.807, 2.05) is 18.2 Å². The van der Waals surface area contributed by atoms with E-state index in [-0.39, 0.29) is 17.4 Å². The van der Waals surface area contributed by atoms with Crippen LogP contribution in [0, 0.1) is 28.6 Å². The number of hydrogen-bond donors (Lipinski definition) is 1. The van der Waals surface area contributed by atoms with Crippen molar-refractivity contribution in [3.05, 3.63) is 47.0 Å². The van der Waals surface area contributed by atoms with Crippen molar-refractivity contribution in [1.29, 1.82) is 0 Å². The van der Waals surface area contributed by atoms with E-state index < -0.39 is 11.4 Å². The van der Waals surface area contributed by atoms with Crippen molar-refractivity contribution in [2.75, 3.05) is 0 Å². The van der Waals surface area contributed by atoms with Gasteiger partial charge in [-0.25, -0.2) is 0 Å². The normalized spacial score (nSPS) is 40.2. The molecule has 0 spiro atoms. The summed E-state index contributed by atoms with van der Waals surface area (Å²) < 4.78 is 0. The maximum Gasteiger partial charge on any atom is 0.247 e. The molecule has 0 radical (unpaired) electrons. The van der Waals surface area contributed by atoms with Crippen molar-refractivity contribution < 1.29 is 9.59 Å². The average Bonchev–Trinajstić information content (AvgIpc) is 3.15. The predicted octanol–water partition coefficient (Wildman–Crippen LogP) is 5.44. The van der Waals surface area contributed by atoms with Crippen molar-refractivity contribution in [2.45, 2.75) is 77.3 Å². The van der Waals surface area contributed by atoms with Gasteiger partial charge in [-0.05, 0) is 80.8 Å². The molecule has 0 bridgehead atoms. The van der Waals surface area contributed by atoms with Gasteiger partial charge in [0.1, 0.15) is 5.54 Å². The monoisotopic (exact) mass is 454 g/mol. The zero-order valence-corrected chi connectivity index (χ0v) is 20.2. The van der Waals surface area contributed by atoms with Crippen LogP contribution in [0.2, 0.25) is 5.02 Å². The Hall–Kier alpha value is -1.81. The molecule has 32 heavy (non-hydrogen) atoms. The third-order valence-corrected chi connectivity index (χ3v) is 10.3. The van der Waals surface area contributed by atoms with Gasteiger partial charge in [0.05, 0.1) is 0 Å². The first-order chi connectivity index (χ1) is 15.1. The number of primary amides is 1. The van der Waals surface area contributed by atoms with Gasteiger partial charge >= 0.3 is 0 Å². The lowest BCUT2D eigenvalue weighted by Crippen LogP contribution is -2.67. The maximum absolute atomic E-state index is 13.4. The van der Waals surface area contributed by atoms with Crippen LogP contribution in [0.5, 0.6) is 0 Å². The molecule has 4 aliphatic rings. The standard InChI is InChI=1S/C27H35ClN2O2/c1-25-14-6-8-18(25)17-10-11-22-26(2,19(17)12-15-25)16-13-23(31)30(22)27(3,24(29)32)20-7-4-5-9-21(20)28/h4-5,7,9,13,16-19,22H,6,8,10-12,14-15H2,1-3H3,(H2,29,32)/t17-,18-,19+,22?,25-,26+,27?/m0/s1. The van der Waals surface area contributed by atoms with Gasteiger partial charge in [0, 0.05) is 22.0 Å². The summed E-state index contributed by atoms with van der Waals surface area (Å²) in [6, 6.07) is 7.21. The molecule has 3 saturated carbocycles. The van der Waals surface area contributed by atoms with Crippen LogP contribution in [-0.2, 0) is 15.1 Å². The Balaban J connectivity index is 1.59. The van der Waals surface area contributed by atoms with E-state index in [0.29, 0.717) is 27.8 Å². The second-order valence-electron chi connectivity index (χ2n) is 11.4. The Morgan fingerprint density at radius 2 is 1.88 bits per heavy atom. The molecule has 3 fully saturated rings. The van der Waals surface area contributed by atoms with Crippen LogP contribution >= 0.6 is 11.6 Å². The van der Waals surface area contributed by atoms with Crippen molar-refractivity contribution >= 4 is 23.4 Å². The number of nitrogens with two attached hydrogens (primary N) is 1. The van der Waals surface area contributed by atoms with E-state index in [1.54, 1.807) is 24.0 Å². The summed E-state index contributed by atoms with van der Waals surface area (Å²) in [4.78, 5) is 28.2. The lowest BCUT2D eigenvalue weighted by atomic mass is 9.48. The minimum Gasteiger partial charge on any atom is -0.367 e. The number of carbonyl (C=O) groups is 2. The molecule has 2 amide bonds. The molecule has 2 unspecified atom stereocenters. The zero-order valence-electron chi connectivity index (χ0n) is 19.4. The van der Waals surface area contributed by atoms with Crippen molar-refractivity contribution in [1.82, 2.24) is 4.90 Å². The molecule has 172 valence electrons. The Morgan fingerprint density at radius 3 is 2.59 bits per heavy atom. The van der Waals surface area contributed by atoms with Crippen LogP contribution in [0.4, 0.5) is 0 Å². The summed E-state index contributed by atoms with van der Waals surface area (Å²) >= 11 is 6.55. The molecule has 1 heterocycles. The van der Waals surface area contributed by atoms with E-state index in [4.69, 9.17) is 17.3 Å². The highest BCUT2D eigenvalue weighted by Gasteiger charge is 2.61. The Kier molecular flexibility index (Phi) is 5.05. The van der Waals surface area contributed by atoms with Gasteiger partial charge in [-0.3, -0.25) is 9.59 Å². The fourth-order valence-corrected chi connectivity index (χ4v) is 8.58. The van der Waals surface area contributed by atoms with Gasteiger partial charge in [-0.2, -0.15) is 0 Å². The number of fused-ring (bicyclic) bond motifs is 5. The third-order valence-electron chi connectivity index (χ3n) is 10.0. The van der Waals surface area contributed by atoms with Crippen LogP contribution in [0.15, 0.2) is 36.4 Å². The first kappa shape index (κ1) is 22.0. The molecule has 7 atom stereocenters. The molecule has 5 heteroatoms. The number of hydrogen-bond acceptors (Lipinski definition) is 2. The number of rotatable bonds is 3. The van der Waals surface area contributed by atoms with E-state index >= 15 is 0 Å². The van der Waals surface area contributed by atoms with Crippen LogP contribution < -0.4 is 5.73 Å². The molecule has 5 rings (SSSR count). The van der Waals surface area contributed by atoms with Gasteiger partial charge in [-0.15, -0.1) is 0 Å². The van der Waals surface area contributed by atoms with E-state index in [9.17, 15) is 9.59 Å². The first-order valence-electron chi connectivity index (χ1n) is 12.2. The topological polar surface area (TPSA) is 63.4 Å². The number of benzene rings is 1. The molecule has 1 aliphatic heterocycles. The second kappa shape index (κ2) is 7.35. The highest BCUT2D eigenvalue weighted by atomic mass is 35.5. The zero-order chi connectivity index (χ0) is 22.9. The third kappa shape index (κ3) is 2.87. The summed E-state index contributed by atoms with van der Waals surface area (Å²) in [7, 11) is 0. The van der Waals surface area contributed by atoms with Crippen molar-refractivity contribution in [2.24, 2.45) is 34.3 Å². The number of halogens is 1. The summed E-state index contributed by atoms with van der Waals surface area (Å²) in [6.45, 7) is 6.59. The smallest absolute Gasteiger partial charge is 0.247 e. The van der Waals surface area contributed by atoms with Gasteiger partial charge in [0.2, 0.25) is 11.8 Å². The number of nitrogens with zero attached hydrogens (tertiary/aromatic N) is 1. The van der Waals surface area contributed by atoms with Gasteiger partial charge < -0.3 is 10.6 Å². The molecule has 1 aromatic carbocycles. The molecule has 1 aromatic rings. The molecule has 2 N–H and O–H groups in total. The number of carbonyl (C=O) groups excluding carboxylic acids is 2. The molecule has 4 nitrogen and oxygen atoms in total. The largest absolute Gasteiger partial charge is 0.367 e. The molecule has 0 saturated heterocycles. The average molecular weight is 455 g/mol. The number of amides is 2. The predicted molar refractivity (Wildman–Crippen MR) is 127 cm³/mol. The van der Waals surface area contributed by atoms with E-state index in [0.717, 1.165) is 18.8 Å². The quantitative estimate of drug-likeness (QED) is 0.660. The maximum atomic E-state index is 13.4. The minimum atomic E-state index is -1.30. The highest BCUT2D eigenvalue weighted by molar-refractivity contribution is 6.31. The fourth-order valence-electron chi connectivity index (χ4n) is 8.26. The summed E-state index contributed by atoms with van der Waals surface area (Å²) in [6.07, 6.45) is 12.4. The summed E-state index contributed by atoms with van der Waals surface area (Å²) in [5.41, 5.74) is 5.66. The van der Waals surface area contributed by atoms with Crippen LogP contribution in [0.1, 0.15) is 71.3 Å². The van der Waals surface area contributed by atoms with Crippen LogP contribution in [0.25, 0.3) is 0 Å². The second-order valence-corrected chi connectivity index (χ2v) is 11.8. The lowest BCUT2D eigenvalue weighted by molar-refractivity contribution is -0.160. The van der Waals surface area contributed by atoms with Crippen LogP contribution in [-0.4, -0.2) is 22.8 Å². The van der Waals surface area contributed by atoms with Gasteiger partial charge in [0.25, 0.3) is 0 Å². The first-order valence-corrected chi connectivity index (χ1v) is 12.6. The van der Waals surface area contributed by atoms with Crippen molar-refractivity contribution in [3.63, 3.8) is 0 Å². The lowest BCUT2D eigenvalue weighted by Gasteiger charge is -2.62. The Labute approximate surface area is 196 Å². The summed E-state index contributed by atoms with van der Waals surface area (Å²) in [5.74, 6) is 1.31. The van der Waals surface area contributed by atoms with Gasteiger partial charge in [-0.1, -0.05) is 56.1 Å². The van der Waals surface area contributed by atoms with E-state index in [2.05, 4.69) is 19.9 Å². The Morgan fingerprint density at radius 1 is 1.12 bits per heavy atom. The van der Waals surface area contributed by atoms with Crippen LogP contribution in [0.3, 0.4) is 0 Å². The summed E-state index contributed by atoms with van der Waals surface area (Å²) in [5, 5.41) is 0.464. The minimum absolute atomic E-state index is 0.0687. The SMILES string of the molecule is CC(C(N)=O)(c1ccccc1Cl)N1C(=O)C=C[C@@]2(C)C1CC[C@@H]1[C@H]2CC[C@]2(C)CCC[C@@H]12. The highest BCUT2D eigenvalue weighted by Crippen LogP contribution is 2.64.